The van der Waals surface area contributed by atoms with Crippen LogP contribution in [0.25, 0.3) is 0 Å². The maximum absolute atomic E-state index is 12.4. The minimum absolute atomic E-state index is 0.0626. The maximum Gasteiger partial charge on any atom is 0.573 e. The monoisotopic (exact) mass is 351 g/mol. The molecule has 0 radical (unpaired) electrons. The molecule has 1 aromatic carbocycles. The molecule has 0 N–H and O–H groups in total. The molecule has 7 heteroatoms. The van der Waals surface area contributed by atoms with Crippen molar-refractivity contribution in [2.75, 3.05) is 13.1 Å². The summed E-state index contributed by atoms with van der Waals surface area (Å²) >= 11 is 3.08. The van der Waals surface area contributed by atoms with Crippen molar-refractivity contribution in [2.45, 2.75) is 25.6 Å². The Labute approximate surface area is 122 Å². The summed E-state index contributed by atoms with van der Waals surface area (Å²) in [7, 11) is 0. The van der Waals surface area contributed by atoms with Gasteiger partial charge in [-0.25, -0.2) is 0 Å². The number of nitrogens with zero attached hydrogens (tertiary/aromatic N) is 1. The van der Waals surface area contributed by atoms with Gasteiger partial charge in [0.25, 0.3) is 5.91 Å². The highest BCUT2D eigenvalue weighted by atomic mass is 79.9. The molecule has 0 bridgehead atoms. The number of rotatable bonds is 2. The van der Waals surface area contributed by atoms with E-state index in [1.54, 1.807) is 4.90 Å². The van der Waals surface area contributed by atoms with Gasteiger partial charge in [0, 0.05) is 17.6 Å². The Morgan fingerprint density at radius 3 is 2.45 bits per heavy atom. The molecule has 1 aliphatic rings. The minimum atomic E-state index is -4.82. The van der Waals surface area contributed by atoms with Gasteiger partial charge < -0.3 is 9.64 Å². The smallest absolute Gasteiger partial charge is 0.405 e. The molecule has 1 aromatic rings. The van der Waals surface area contributed by atoms with Gasteiger partial charge in [-0.05, 0) is 37.5 Å². The van der Waals surface area contributed by atoms with Gasteiger partial charge in [0.05, 0.1) is 5.56 Å². The zero-order chi connectivity index (χ0) is 14.8. The molecule has 20 heavy (non-hydrogen) atoms. The van der Waals surface area contributed by atoms with E-state index in [4.69, 9.17) is 0 Å². The average Bonchev–Trinajstić information content (AvgIpc) is 2.37. The Kier molecular flexibility index (Phi) is 4.57. The molecule has 0 aliphatic carbocycles. The highest BCUT2D eigenvalue weighted by Crippen LogP contribution is 2.30. The molecule has 2 rings (SSSR count). The first kappa shape index (κ1) is 15.2. The van der Waals surface area contributed by atoms with Crippen molar-refractivity contribution in [3.8, 4) is 5.75 Å². The van der Waals surface area contributed by atoms with Gasteiger partial charge in [0.2, 0.25) is 0 Å². The Morgan fingerprint density at radius 2 is 1.85 bits per heavy atom. The van der Waals surface area contributed by atoms with Crippen molar-refractivity contribution < 1.29 is 22.7 Å². The van der Waals surface area contributed by atoms with Gasteiger partial charge in [-0.2, -0.15) is 0 Å². The number of alkyl halides is 3. The second-order valence-corrected chi connectivity index (χ2v) is 5.46. The van der Waals surface area contributed by atoms with Crippen LogP contribution in [0.3, 0.4) is 0 Å². The van der Waals surface area contributed by atoms with Crippen molar-refractivity contribution in [2.24, 2.45) is 0 Å². The third kappa shape index (κ3) is 3.88. The van der Waals surface area contributed by atoms with Crippen LogP contribution in [0, 0.1) is 0 Å². The topological polar surface area (TPSA) is 29.5 Å². The van der Waals surface area contributed by atoms with Crippen LogP contribution in [0.1, 0.15) is 29.6 Å². The van der Waals surface area contributed by atoms with E-state index in [1.807, 2.05) is 0 Å². The fraction of sp³-hybridized carbons (Fsp3) is 0.462. The minimum Gasteiger partial charge on any atom is -0.405 e. The quantitative estimate of drug-likeness (QED) is 0.806. The summed E-state index contributed by atoms with van der Waals surface area (Å²) in [4.78, 5) is 13.8. The van der Waals surface area contributed by atoms with E-state index >= 15 is 0 Å². The molecule has 0 saturated carbocycles. The van der Waals surface area contributed by atoms with Crippen molar-refractivity contribution in [1.82, 2.24) is 4.90 Å². The Bertz CT molecular complexity index is 499. The Morgan fingerprint density at radius 1 is 1.20 bits per heavy atom. The lowest BCUT2D eigenvalue weighted by atomic mass is 10.1. The van der Waals surface area contributed by atoms with Crippen molar-refractivity contribution >= 4 is 21.8 Å². The lowest BCUT2D eigenvalue weighted by Crippen LogP contribution is -2.36. The second kappa shape index (κ2) is 6.03. The Hall–Kier alpha value is -1.24. The number of hydrogen-bond acceptors (Lipinski definition) is 2. The van der Waals surface area contributed by atoms with Gasteiger partial charge in [-0.1, -0.05) is 15.9 Å². The molecule has 110 valence electrons. The molecule has 1 fully saturated rings. The Balaban J connectivity index is 2.27. The molecule has 0 aromatic heterocycles. The third-order valence-electron chi connectivity index (χ3n) is 3.04. The standard InChI is InChI=1S/C13H13BrF3NO2/c14-9-4-5-10(11(8-9)20-13(15,16)17)12(19)18-6-2-1-3-7-18/h4-5,8H,1-3,6-7H2. The predicted octanol–water partition coefficient (Wildman–Crippen LogP) is 3.97. The maximum atomic E-state index is 12.4. The normalized spacial score (nSPS) is 16.1. The summed E-state index contributed by atoms with van der Waals surface area (Å²) < 4.78 is 41.6. The van der Waals surface area contributed by atoms with Crippen LogP contribution >= 0.6 is 15.9 Å². The molecule has 0 atom stereocenters. The number of ether oxygens (including phenoxy) is 1. The summed E-state index contributed by atoms with van der Waals surface area (Å²) in [6, 6.07) is 4.03. The zero-order valence-corrected chi connectivity index (χ0v) is 12.1. The molecular formula is C13H13BrF3NO2. The largest absolute Gasteiger partial charge is 0.573 e. The summed E-state index contributed by atoms with van der Waals surface area (Å²) in [5, 5.41) is 0. The van der Waals surface area contributed by atoms with Crippen LogP contribution in [0.15, 0.2) is 22.7 Å². The second-order valence-electron chi connectivity index (χ2n) is 4.54. The van der Waals surface area contributed by atoms with Crippen molar-refractivity contribution in [3.05, 3.63) is 28.2 Å². The van der Waals surface area contributed by atoms with Gasteiger partial charge in [-0.15, -0.1) is 13.2 Å². The number of likely N-dealkylation sites (tertiary alicyclic amines) is 1. The average molecular weight is 352 g/mol. The summed E-state index contributed by atoms with van der Waals surface area (Å²) in [5.74, 6) is -0.890. The predicted molar refractivity (Wildman–Crippen MR) is 70.6 cm³/mol. The van der Waals surface area contributed by atoms with Gasteiger partial charge in [0.15, 0.2) is 0 Å². The van der Waals surface area contributed by atoms with E-state index in [0.29, 0.717) is 17.6 Å². The van der Waals surface area contributed by atoms with E-state index in [-0.39, 0.29) is 5.56 Å². The van der Waals surface area contributed by atoms with Crippen molar-refractivity contribution in [3.63, 3.8) is 0 Å². The van der Waals surface area contributed by atoms with E-state index in [2.05, 4.69) is 20.7 Å². The molecule has 1 saturated heterocycles. The highest BCUT2D eigenvalue weighted by Gasteiger charge is 2.33. The molecule has 1 amide bonds. The first-order valence-electron chi connectivity index (χ1n) is 6.21. The van der Waals surface area contributed by atoms with Crippen LogP contribution in [0.4, 0.5) is 13.2 Å². The number of amides is 1. The lowest BCUT2D eigenvalue weighted by Gasteiger charge is -2.27. The third-order valence-corrected chi connectivity index (χ3v) is 3.54. The van der Waals surface area contributed by atoms with E-state index in [0.717, 1.165) is 25.3 Å². The van der Waals surface area contributed by atoms with Gasteiger partial charge >= 0.3 is 6.36 Å². The summed E-state index contributed by atoms with van der Waals surface area (Å²) in [6.45, 7) is 1.14. The number of piperidine rings is 1. The molecule has 1 aliphatic heterocycles. The number of hydrogen-bond donors (Lipinski definition) is 0. The summed E-state index contributed by atoms with van der Waals surface area (Å²) in [5.41, 5.74) is -0.0626. The number of halogens is 4. The van der Waals surface area contributed by atoms with Crippen LogP contribution in [0.2, 0.25) is 0 Å². The van der Waals surface area contributed by atoms with E-state index < -0.39 is 18.0 Å². The fourth-order valence-electron chi connectivity index (χ4n) is 2.15. The molecule has 3 nitrogen and oxygen atoms in total. The van der Waals surface area contributed by atoms with Gasteiger partial charge in [0.1, 0.15) is 5.75 Å². The number of benzene rings is 1. The summed E-state index contributed by atoms with van der Waals surface area (Å²) in [6.07, 6.45) is -2.04. The van der Waals surface area contributed by atoms with Gasteiger partial charge in [-0.3, -0.25) is 4.79 Å². The van der Waals surface area contributed by atoms with E-state index in [1.165, 1.54) is 12.1 Å². The van der Waals surface area contributed by atoms with Crippen molar-refractivity contribution in [1.29, 1.82) is 0 Å². The van der Waals surface area contributed by atoms with Crippen LogP contribution < -0.4 is 4.74 Å². The van der Waals surface area contributed by atoms with Crippen LogP contribution in [0.5, 0.6) is 5.75 Å². The van der Waals surface area contributed by atoms with Crippen LogP contribution in [-0.2, 0) is 0 Å². The molecule has 0 spiro atoms. The van der Waals surface area contributed by atoms with Crippen LogP contribution in [-0.4, -0.2) is 30.3 Å². The SMILES string of the molecule is O=C(c1ccc(Br)cc1OC(F)(F)F)N1CCCCC1. The fourth-order valence-corrected chi connectivity index (χ4v) is 2.49. The highest BCUT2D eigenvalue weighted by molar-refractivity contribution is 9.10. The molecular weight excluding hydrogens is 339 g/mol. The molecule has 1 heterocycles. The lowest BCUT2D eigenvalue weighted by molar-refractivity contribution is -0.274. The number of carbonyl (C=O) groups is 1. The van der Waals surface area contributed by atoms with E-state index in [9.17, 15) is 18.0 Å². The first-order chi connectivity index (χ1) is 9.37. The number of carbonyl (C=O) groups excluding carboxylic acids is 1. The first-order valence-corrected chi connectivity index (χ1v) is 7.01. The molecule has 0 unspecified atom stereocenters. The zero-order valence-electron chi connectivity index (χ0n) is 10.5.